The smallest absolute Gasteiger partial charge is 0.212 e. The molecule has 6 heteroatoms. The fourth-order valence-corrected chi connectivity index (χ4v) is 1.20. The van der Waals surface area contributed by atoms with E-state index in [1.165, 1.54) is 0 Å². The van der Waals surface area contributed by atoms with E-state index >= 15 is 0 Å². The van der Waals surface area contributed by atoms with Crippen molar-refractivity contribution < 1.29 is 13.2 Å². The van der Waals surface area contributed by atoms with Crippen molar-refractivity contribution in [3.05, 3.63) is 24.3 Å². The third kappa shape index (κ3) is 4.11. The maximum absolute atomic E-state index is 10.6. The molecule has 1 rings (SSSR count). The highest BCUT2D eigenvalue weighted by molar-refractivity contribution is 7.89. The molecule has 4 N–H and O–H groups in total. The quantitative estimate of drug-likeness (QED) is 0.689. The second-order valence-electron chi connectivity index (χ2n) is 2.79. The van der Waals surface area contributed by atoms with Gasteiger partial charge in [-0.05, 0) is 12.1 Å². The first-order valence-electron chi connectivity index (χ1n) is 3.96. The van der Waals surface area contributed by atoms with Gasteiger partial charge in [0.1, 0.15) is 12.4 Å². The zero-order valence-corrected chi connectivity index (χ0v) is 8.33. The van der Waals surface area contributed by atoms with E-state index in [4.69, 9.17) is 15.6 Å². The van der Waals surface area contributed by atoms with Gasteiger partial charge in [0.15, 0.2) is 0 Å². The van der Waals surface area contributed by atoms with Crippen LogP contribution in [-0.2, 0) is 10.0 Å². The number of hydrogen-bond acceptors (Lipinski definition) is 4. The number of rotatable bonds is 4. The van der Waals surface area contributed by atoms with E-state index in [1.807, 2.05) is 0 Å². The SMILES string of the molecule is Nc1cccc(OCCS(N)(=O)=O)c1. The molecule has 1 aromatic carbocycles. The van der Waals surface area contributed by atoms with Crippen molar-refractivity contribution in [3.8, 4) is 5.75 Å². The summed E-state index contributed by atoms with van der Waals surface area (Å²) in [5, 5.41) is 4.80. The van der Waals surface area contributed by atoms with Gasteiger partial charge in [0, 0.05) is 11.8 Å². The van der Waals surface area contributed by atoms with Crippen molar-refractivity contribution in [1.82, 2.24) is 0 Å². The molecule has 0 radical (unpaired) electrons. The van der Waals surface area contributed by atoms with Gasteiger partial charge in [-0.2, -0.15) is 0 Å². The van der Waals surface area contributed by atoms with Crippen molar-refractivity contribution in [1.29, 1.82) is 0 Å². The minimum Gasteiger partial charge on any atom is -0.492 e. The lowest BCUT2D eigenvalue weighted by Gasteiger charge is -2.05. The molecule has 0 fully saturated rings. The summed E-state index contributed by atoms with van der Waals surface area (Å²) in [5.41, 5.74) is 6.06. The fraction of sp³-hybridized carbons (Fsp3) is 0.250. The van der Waals surface area contributed by atoms with Crippen LogP contribution in [0.15, 0.2) is 24.3 Å². The molecule has 78 valence electrons. The van der Waals surface area contributed by atoms with Crippen LogP contribution in [0.1, 0.15) is 0 Å². The first-order valence-corrected chi connectivity index (χ1v) is 5.68. The molecule has 0 aliphatic rings. The van der Waals surface area contributed by atoms with Crippen LogP contribution in [0.5, 0.6) is 5.75 Å². The summed E-state index contributed by atoms with van der Waals surface area (Å²) in [5.74, 6) is 0.329. The average Bonchev–Trinajstić information content (AvgIpc) is 2.01. The minimum absolute atomic E-state index is 0.0300. The Bertz CT molecular complexity index is 403. The molecule has 14 heavy (non-hydrogen) atoms. The molecule has 5 nitrogen and oxygen atoms in total. The molecular formula is C8H12N2O3S. The Morgan fingerprint density at radius 2 is 2.07 bits per heavy atom. The predicted molar refractivity (Wildman–Crippen MR) is 54.3 cm³/mol. The molecule has 0 saturated heterocycles. The molecule has 0 aliphatic heterocycles. The summed E-state index contributed by atoms with van der Waals surface area (Å²) < 4.78 is 26.2. The van der Waals surface area contributed by atoms with Crippen LogP contribution in [0.4, 0.5) is 5.69 Å². The second-order valence-corrected chi connectivity index (χ2v) is 4.52. The number of ether oxygens (including phenoxy) is 1. The van der Waals surface area contributed by atoms with Crippen molar-refractivity contribution in [2.45, 2.75) is 0 Å². The van der Waals surface area contributed by atoms with E-state index in [0.29, 0.717) is 11.4 Å². The Balaban J connectivity index is 2.47. The van der Waals surface area contributed by atoms with Crippen molar-refractivity contribution in [2.24, 2.45) is 5.14 Å². The molecule has 0 unspecified atom stereocenters. The number of nitrogen functional groups attached to an aromatic ring is 1. The van der Waals surface area contributed by atoms with Crippen molar-refractivity contribution >= 4 is 15.7 Å². The number of sulfonamides is 1. The first kappa shape index (κ1) is 10.8. The summed E-state index contributed by atoms with van der Waals surface area (Å²) in [6.45, 7) is 0.0300. The standard InChI is InChI=1S/C8H12N2O3S/c9-7-2-1-3-8(6-7)13-4-5-14(10,11)12/h1-3,6H,4-5,9H2,(H2,10,11,12). The third-order valence-electron chi connectivity index (χ3n) is 1.49. The van der Waals surface area contributed by atoms with Gasteiger partial charge in [0.25, 0.3) is 0 Å². The zero-order valence-electron chi connectivity index (χ0n) is 7.51. The van der Waals surface area contributed by atoms with E-state index in [1.54, 1.807) is 24.3 Å². The van der Waals surface area contributed by atoms with Gasteiger partial charge in [-0.25, -0.2) is 13.6 Å². The molecule has 0 spiro atoms. The number of primary sulfonamides is 1. The lowest BCUT2D eigenvalue weighted by atomic mass is 10.3. The highest BCUT2D eigenvalue weighted by Crippen LogP contribution is 2.13. The molecule has 0 aromatic heterocycles. The van der Waals surface area contributed by atoms with E-state index in [-0.39, 0.29) is 12.4 Å². The Morgan fingerprint density at radius 3 is 2.64 bits per heavy atom. The summed E-state index contributed by atoms with van der Waals surface area (Å²) in [4.78, 5) is 0. The van der Waals surface area contributed by atoms with E-state index in [2.05, 4.69) is 0 Å². The lowest BCUT2D eigenvalue weighted by molar-refractivity contribution is 0.341. The van der Waals surface area contributed by atoms with Crippen LogP contribution >= 0.6 is 0 Å². The average molecular weight is 216 g/mol. The molecule has 0 bridgehead atoms. The number of nitrogens with two attached hydrogens (primary N) is 2. The summed E-state index contributed by atoms with van der Waals surface area (Å²) >= 11 is 0. The van der Waals surface area contributed by atoms with Crippen LogP contribution in [-0.4, -0.2) is 20.8 Å². The van der Waals surface area contributed by atoms with Crippen LogP contribution in [0.2, 0.25) is 0 Å². The first-order chi connectivity index (χ1) is 6.47. The van der Waals surface area contributed by atoms with Gasteiger partial charge in [-0.1, -0.05) is 6.07 Å². The monoisotopic (exact) mass is 216 g/mol. The molecule has 0 heterocycles. The largest absolute Gasteiger partial charge is 0.492 e. The molecular weight excluding hydrogens is 204 g/mol. The Morgan fingerprint density at radius 1 is 1.36 bits per heavy atom. The van der Waals surface area contributed by atoms with E-state index in [9.17, 15) is 8.42 Å². The maximum Gasteiger partial charge on any atom is 0.212 e. The Labute approximate surface area is 82.7 Å². The summed E-state index contributed by atoms with van der Waals surface area (Å²) in [6.07, 6.45) is 0. The molecule has 0 aliphatic carbocycles. The van der Waals surface area contributed by atoms with E-state index < -0.39 is 10.0 Å². The normalized spacial score (nSPS) is 11.2. The van der Waals surface area contributed by atoms with Gasteiger partial charge in [-0.15, -0.1) is 0 Å². The van der Waals surface area contributed by atoms with Gasteiger partial charge in [0.2, 0.25) is 10.0 Å². The Kier molecular flexibility index (Phi) is 3.32. The van der Waals surface area contributed by atoms with Gasteiger partial charge in [0.05, 0.1) is 5.75 Å². The highest BCUT2D eigenvalue weighted by atomic mass is 32.2. The molecule has 0 saturated carbocycles. The minimum atomic E-state index is -3.46. The maximum atomic E-state index is 10.6. The van der Waals surface area contributed by atoms with Gasteiger partial charge >= 0.3 is 0 Å². The van der Waals surface area contributed by atoms with Crippen molar-refractivity contribution in [3.63, 3.8) is 0 Å². The van der Waals surface area contributed by atoms with Crippen molar-refractivity contribution in [2.75, 3.05) is 18.1 Å². The second kappa shape index (κ2) is 4.30. The van der Waals surface area contributed by atoms with Crippen LogP contribution in [0, 0.1) is 0 Å². The topological polar surface area (TPSA) is 95.4 Å². The van der Waals surface area contributed by atoms with Gasteiger partial charge in [-0.3, -0.25) is 0 Å². The fourth-order valence-electron chi connectivity index (χ4n) is 0.880. The highest BCUT2D eigenvalue weighted by Gasteiger charge is 2.02. The Hall–Kier alpha value is -1.27. The molecule has 1 aromatic rings. The number of anilines is 1. The van der Waals surface area contributed by atoms with Crippen LogP contribution < -0.4 is 15.6 Å². The van der Waals surface area contributed by atoms with Gasteiger partial charge < -0.3 is 10.5 Å². The summed E-state index contributed by atoms with van der Waals surface area (Å²) in [7, 11) is -3.46. The molecule has 0 amide bonds. The summed E-state index contributed by atoms with van der Waals surface area (Å²) in [6, 6.07) is 6.75. The lowest BCUT2D eigenvalue weighted by Crippen LogP contribution is -2.21. The molecule has 0 atom stereocenters. The number of hydrogen-bond donors (Lipinski definition) is 2. The van der Waals surface area contributed by atoms with E-state index in [0.717, 1.165) is 0 Å². The number of benzene rings is 1. The third-order valence-corrected chi connectivity index (χ3v) is 2.23. The van der Waals surface area contributed by atoms with Crippen LogP contribution in [0.3, 0.4) is 0 Å². The predicted octanol–water partition coefficient (Wildman–Crippen LogP) is -0.0639. The van der Waals surface area contributed by atoms with Crippen LogP contribution in [0.25, 0.3) is 0 Å². The zero-order chi connectivity index (χ0) is 10.6.